The molecular weight excluding hydrogens is 301 g/mol. The van der Waals surface area contributed by atoms with Gasteiger partial charge < -0.3 is 14.9 Å². The number of halogens is 1. The summed E-state index contributed by atoms with van der Waals surface area (Å²) in [4.78, 5) is 16.2. The molecule has 0 bridgehead atoms. The lowest BCUT2D eigenvalue weighted by atomic mass is 9.73. The third-order valence-electron chi connectivity index (χ3n) is 4.31. The molecule has 0 saturated heterocycles. The van der Waals surface area contributed by atoms with Gasteiger partial charge in [-0.15, -0.1) is 0 Å². The van der Waals surface area contributed by atoms with Crippen molar-refractivity contribution >= 4 is 5.91 Å². The van der Waals surface area contributed by atoms with Crippen molar-refractivity contribution in [2.45, 2.75) is 38.3 Å². The van der Waals surface area contributed by atoms with Crippen molar-refractivity contribution in [3.8, 4) is 11.5 Å². The zero-order valence-electron chi connectivity index (χ0n) is 12.8. The van der Waals surface area contributed by atoms with Crippen molar-refractivity contribution in [1.29, 1.82) is 0 Å². The number of aromatic nitrogens is 2. The molecule has 1 fully saturated rings. The van der Waals surface area contributed by atoms with Crippen LogP contribution < -0.4 is 5.32 Å². The molecule has 1 aliphatic carbocycles. The van der Waals surface area contributed by atoms with Gasteiger partial charge in [0.1, 0.15) is 11.4 Å². The van der Waals surface area contributed by atoms with Crippen LogP contribution in [0.3, 0.4) is 0 Å². The Kier molecular flexibility index (Phi) is 4.12. The van der Waals surface area contributed by atoms with Gasteiger partial charge in [-0.2, -0.15) is 4.98 Å². The number of benzene rings is 1. The third-order valence-corrected chi connectivity index (χ3v) is 4.31. The van der Waals surface area contributed by atoms with Crippen LogP contribution in [0.15, 0.2) is 28.8 Å². The van der Waals surface area contributed by atoms with E-state index in [0.717, 1.165) is 19.3 Å². The average Bonchev–Trinajstić information content (AvgIpc) is 2.91. The van der Waals surface area contributed by atoms with Crippen LogP contribution in [0.2, 0.25) is 0 Å². The second-order valence-electron chi connectivity index (χ2n) is 5.98. The smallest absolute Gasteiger partial charge is 0.258 e. The van der Waals surface area contributed by atoms with Gasteiger partial charge in [-0.05, 0) is 43.9 Å². The normalized spacial score (nSPS) is 17.3. The van der Waals surface area contributed by atoms with Crippen molar-refractivity contribution in [2.24, 2.45) is 5.92 Å². The van der Waals surface area contributed by atoms with Crippen molar-refractivity contribution in [3.05, 3.63) is 35.9 Å². The van der Waals surface area contributed by atoms with Gasteiger partial charge in [-0.1, -0.05) is 17.6 Å². The van der Waals surface area contributed by atoms with Crippen LogP contribution in [-0.2, 0) is 11.3 Å². The molecule has 1 unspecified atom stereocenters. The summed E-state index contributed by atoms with van der Waals surface area (Å²) in [7, 11) is 0. The first-order valence-corrected chi connectivity index (χ1v) is 7.56. The maximum atomic E-state index is 13.2. The zero-order chi connectivity index (χ0) is 16.4. The molecule has 1 atom stereocenters. The molecule has 2 aromatic rings. The number of hydrogen-bond donors (Lipinski definition) is 2. The monoisotopic (exact) mass is 319 g/mol. The van der Waals surface area contributed by atoms with E-state index in [2.05, 4.69) is 15.5 Å². The predicted molar refractivity (Wildman–Crippen MR) is 79.5 cm³/mol. The van der Waals surface area contributed by atoms with Crippen molar-refractivity contribution in [3.63, 3.8) is 0 Å². The molecule has 1 saturated carbocycles. The first kappa shape index (κ1) is 15.6. The molecule has 1 amide bonds. The molecular formula is C16H18FN3O3. The van der Waals surface area contributed by atoms with E-state index in [0.29, 0.717) is 5.56 Å². The summed E-state index contributed by atoms with van der Waals surface area (Å²) in [6.45, 7) is 1.57. The molecule has 0 radical (unpaired) electrons. The molecule has 3 rings (SSSR count). The van der Waals surface area contributed by atoms with Gasteiger partial charge in [-0.3, -0.25) is 4.79 Å². The van der Waals surface area contributed by atoms with Crippen LogP contribution in [-0.4, -0.2) is 26.8 Å². The van der Waals surface area contributed by atoms with Gasteiger partial charge in [0.05, 0.1) is 6.54 Å². The molecule has 7 heteroatoms. The Hall–Kier alpha value is -2.28. The lowest BCUT2D eigenvalue weighted by molar-refractivity contribution is -0.147. The number of nitrogens with zero attached hydrogens (tertiary/aromatic N) is 2. The van der Waals surface area contributed by atoms with Crippen LogP contribution in [0, 0.1) is 11.7 Å². The number of aliphatic hydroxyl groups is 1. The second kappa shape index (κ2) is 6.08. The minimum Gasteiger partial charge on any atom is -0.380 e. The lowest BCUT2D eigenvalue weighted by Crippen LogP contribution is -2.51. The number of carbonyl (C=O) groups is 1. The molecule has 1 heterocycles. The molecule has 1 aliphatic rings. The third kappa shape index (κ3) is 3.24. The topological polar surface area (TPSA) is 88.2 Å². The van der Waals surface area contributed by atoms with E-state index in [1.165, 1.54) is 19.1 Å². The van der Waals surface area contributed by atoms with Crippen LogP contribution in [0.25, 0.3) is 11.5 Å². The maximum absolute atomic E-state index is 13.2. The highest BCUT2D eigenvalue weighted by Gasteiger charge is 2.42. The lowest BCUT2D eigenvalue weighted by Gasteiger charge is -2.37. The Morgan fingerprint density at radius 2 is 2.30 bits per heavy atom. The molecule has 0 aliphatic heterocycles. The van der Waals surface area contributed by atoms with E-state index in [9.17, 15) is 14.3 Å². The number of amides is 1. The van der Waals surface area contributed by atoms with Crippen LogP contribution in [0.1, 0.15) is 32.0 Å². The predicted octanol–water partition coefficient (Wildman–Crippen LogP) is 2.04. The molecule has 23 heavy (non-hydrogen) atoms. The molecule has 1 aromatic carbocycles. The van der Waals surface area contributed by atoms with E-state index in [4.69, 9.17) is 4.52 Å². The SMILES string of the molecule is CC(O)(C(=O)NCc1noc(-c2cccc(F)c2)n1)C1CCC1. The van der Waals surface area contributed by atoms with Crippen molar-refractivity contribution < 1.29 is 18.8 Å². The minimum absolute atomic E-state index is 0.00405. The summed E-state index contributed by atoms with van der Waals surface area (Å²) in [6, 6.07) is 5.81. The quantitative estimate of drug-likeness (QED) is 0.880. The molecule has 0 spiro atoms. The Labute approximate surface area is 132 Å². The Morgan fingerprint density at radius 1 is 1.52 bits per heavy atom. The first-order valence-electron chi connectivity index (χ1n) is 7.56. The summed E-state index contributed by atoms with van der Waals surface area (Å²) in [5.74, 6) is -0.399. The molecule has 1 aromatic heterocycles. The van der Waals surface area contributed by atoms with Gasteiger partial charge in [0.15, 0.2) is 5.82 Å². The largest absolute Gasteiger partial charge is 0.380 e. The highest BCUT2D eigenvalue weighted by molar-refractivity contribution is 5.84. The van der Waals surface area contributed by atoms with Gasteiger partial charge in [0.2, 0.25) is 0 Å². The summed E-state index contributed by atoms with van der Waals surface area (Å²) < 4.78 is 18.2. The molecule has 2 N–H and O–H groups in total. The van der Waals surface area contributed by atoms with Gasteiger partial charge in [0, 0.05) is 5.56 Å². The van der Waals surface area contributed by atoms with E-state index >= 15 is 0 Å². The fraction of sp³-hybridized carbons (Fsp3) is 0.438. The second-order valence-corrected chi connectivity index (χ2v) is 5.98. The highest BCUT2D eigenvalue weighted by Crippen LogP contribution is 2.36. The number of hydrogen-bond acceptors (Lipinski definition) is 5. The summed E-state index contributed by atoms with van der Waals surface area (Å²) in [6.07, 6.45) is 2.74. The Morgan fingerprint density at radius 3 is 2.96 bits per heavy atom. The first-order chi connectivity index (χ1) is 11.0. The fourth-order valence-corrected chi connectivity index (χ4v) is 2.56. The van der Waals surface area contributed by atoms with E-state index < -0.39 is 17.3 Å². The fourth-order valence-electron chi connectivity index (χ4n) is 2.56. The number of rotatable bonds is 5. The molecule has 122 valence electrons. The van der Waals surface area contributed by atoms with Crippen LogP contribution in [0.4, 0.5) is 4.39 Å². The van der Waals surface area contributed by atoms with Gasteiger partial charge in [-0.25, -0.2) is 4.39 Å². The molecule has 6 nitrogen and oxygen atoms in total. The average molecular weight is 319 g/mol. The van der Waals surface area contributed by atoms with Crippen LogP contribution >= 0.6 is 0 Å². The van der Waals surface area contributed by atoms with Crippen LogP contribution in [0.5, 0.6) is 0 Å². The van der Waals surface area contributed by atoms with E-state index in [1.54, 1.807) is 12.1 Å². The minimum atomic E-state index is -1.38. The van der Waals surface area contributed by atoms with Gasteiger partial charge in [0.25, 0.3) is 11.8 Å². The standard InChI is InChI=1S/C16H18FN3O3/c1-16(22,11-5-3-6-11)15(21)18-9-13-19-14(23-20-13)10-4-2-7-12(17)8-10/h2,4,7-8,11,22H,3,5-6,9H2,1H3,(H,18,21). The summed E-state index contributed by atoms with van der Waals surface area (Å²) in [5.41, 5.74) is -0.913. The maximum Gasteiger partial charge on any atom is 0.258 e. The van der Waals surface area contributed by atoms with E-state index in [-0.39, 0.29) is 24.2 Å². The van der Waals surface area contributed by atoms with Gasteiger partial charge >= 0.3 is 0 Å². The summed E-state index contributed by atoms with van der Waals surface area (Å²) in [5, 5.41) is 16.6. The number of carbonyl (C=O) groups excluding carboxylic acids is 1. The zero-order valence-corrected chi connectivity index (χ0v) is 12.8. The summed E-state index contributed by atoms with van der Waals surface area (Å²) >= 11 is 0. The Bertz CT molecular complexity index is 710. The highest BCUT2D eigenvalue weighted by atomic mass is 19.1. The van der Waals surface area contributed by atoms with E-state index in [1.807, 2.05) is 0 Å². The Balaban J connectivity index is 1.62. The van der Waals surface area contributed by atoms with Crippen molar-refractivity contribution in [2.75, 3.05) is 0 Å². The number of nitrogens with one attached hydrogen (secondary N) is 1. The van der Waals surface area contributed by atoms with Crippen molar-refractivity contribution in [1.82, 2.24) is 15.5 Å².